The van der Waals surface area contributed by atoms with E-state index in [2.05, 4.69) is 36.4 Å². The summed E-state index contributed by atoms with van der Waals surface area (Å²) in [6, 6.07) is -2.26. The van der Waals surface area contributed by atoms with E-state index in [0.29, 0.717) is 12.8 Å². The molecule has 0 bridgehead atoms. The first-order valence-electron chi connectivity index (χ1n) is 8.08. The van der Waals surface area contributed by atoms with Gasteiger partial charge in [-0.2, -0.15) is 4.98 Å². The Morgan fingerprint density at radius 3 is 1.89 bits per heavy atom. The van der Waals surface area contributed by atoms with Gasteiger partial charge >= 0.3 is 12.1 Å². The maximum atomic E-state index is 11.8. The summed E-state index contributed by atoms with van der Waals surface area (Å²) >= 11 is 0. The predicted molar refractivity (Wildman–Crippen MR) is 94.8 cm³/mol. The Morgan fingerprint density at radius 1 is 0.889 bits per heavy atom. The molecule has 2 aliphatic heterocycles. The highest BCUT2D eigenvalue weighted by Gasteiger charge is 2.30. The van der Waals surface area contributed by atoms with E-state index in [0.717, 1.165) is 0 Å². The molecule has 1 aromatic rings. The van der Waals surface area contributed by atoms with E-state index in [-0.39, 0.29) is 34.9 Å². The summed E-state index contributed by atoms with van der Waals surface area (Å²) in [5.74, 6) is -0.325. The average Bonchev–Trinajstić information content (AvgIpc) is 3.19. The molecular weight excluding hydrogens is 402 g/mol. The number of amides is 4. The Balaban J connectivity index is 1.45. The number of aromatic amines is 1. The van der Waals surface area contributed by atoms with E-state index in [1.165, 1.54) is 0 Å². The van der Waals surface area contributed by atoms with Crippen LogP contribution in [0.25, 0.3) is 0 Å². The van der Waals surface area contributed by atoms with Crippen molar-refractivity contribution < 1.29 is 26.4 Å². The average molecular weight is 421 g/mol. The van der Waals surface area contributed by atoms with Gasteiger partial charge in [-0.3, -0.25) is 10.6 Å². The van der Waals surface area contributed by atoms with Crippen molar-refractivity contribution in [2.24, 2.45) is 0 Å². The Labute approximate surface area is 154 Å². The number of carbonyl (C=O) groups is 2. The molecule has 2 aliphatic rings. The van der Waals surface area contributed by atoms with Crippen molar-refractivity contribution in [3.05, 3.63) is 0 Å². The maximum absolute atomic E-state index is 11.8. The van der Waals surface area contributed by atoms with Crippen molar-refractivity contribution in [1.82, 2.24) is 25.8 Å². The second-order valence-electron chi connectivity index (χ2n) is 6.40. The fraction of sp³-hybridized carbons (Fsp3) is 0.667. The summed E-state index contributed by atoms with van der Waals surface area (Å²) in [6.45, 7) is 0. The second-order valence-corrected chi connectivity index (χ2v) is 10.9. The fourth-order valence-corrected chi connectivity index (χ4v) is 6.19. The van der Waals surface area contributed by atoms with Crippen LogP contribution in [-0.2, 0) is 19.7 Å². The van der Waals surface area contributed by atoms with Gasteiger partial charge in [-0.15, -0.1) is 5.10 Å². The summed E-state index contributed by atoms with van der Waals surface area (Å²) in [5, 5.41) is 15.8. The molecule has 2 unspecified atom stereocenters. The first-order chi connectivity index (χ1) is 12.6. The molecule has 150 valence electrons. The van der Waals surface area contributed by atoms with Crippen LogP contribution in [0.2, 0.25) is 0 Å². The number of H-pyrrole nitrogens is 1. The lowest BCUT2D eigenvalue weighted by molar-refractivity contribution is 0.248. The molecule has 0 saturated carbocycles. The molecule has 27 heavy (non-hydrogen) atoms. The Hall–Kier alpha value is -2.42. The molecule has 2 saturated heterocycles. The highest BCUT2D eigenvalue weighted by Crippen LogP contribution is 2.12. The molecule has 1 aromatic heterocycles. The quantitative estimate of drug-likeness (QED) is 0.384. The van der Waals surface area contributed by atoms with Crippen molar-refractivity contribution in [3.8, 4) is 0 Å². The third kappa shape index (κ3) is 5.53. The number of aromatic nitrogens is 3. The number of hydrogen-bond acceptors (Lipinski definition) is 8. The van der Waals surface area contributed by atoms with Crippen LogP contribution in [0.4, 0.5) is 21.5 Å². The summed E-state index contributed by atoms with van der Waals surface area (Å²) < 4.78 is 45.5. The molecule has 0 spiro atoms. The molecule has 0 aliphatic carbocycles. The molecular formula is C12H19N7O6S2. The van der Waals surface area contributed by atoms with Crippen LogP contribution in [0.1, 0.15) is 12.8 Å². The van der Waals surface area contributed by atoms with Crippen LogP contribution in [0.3, 0.4) is 0 Å². The summed E-state index contributed by atoms with van der Waals surface area (Å²) in [6.07, 6.45) is 0.684. The van der Waals surface area contributed by atoms with Gasteiger partial charge in [-0.25, -0.2) is 31.5 Å². The van der Waals surface area contributed by atoms with Gasteiger partial charge in [0.25, 0.3) is 5.95 Å². The Kier molecular flexibility index (Phi) is 5.23. The van der Waals surface area contributed by atoms with Crippen molar-refractivity contribution in [2.45, 2.75) is 24.9 Å². The number of hydrogen-bond donors (Lipinski definition) is 5. The maximum Gasteiger partial charge on any atom is 0.321 e. The molecule has 0 radical (unpaired) electrons. The van der Waals surface area contributed by atoms with Crippen molar-refractivity contribution >= 4 is 43.6 Å². The monoisotopic (exact) mass is 421 g/mol. The summed E-state index contributed by atoms with van der Waals surface area (Å²) in [5.41, 5.74) is 0. The van der Waals surface area contributed by atoms with Crippen LogP contribution < -0.4 is 21.3 Å². The smallest absolute Gasteiger partial charge is 0.321 e. The Bertz CT molecular complexity index is 867. The van der Waals surface area contributed by atoms with Crippen LogP contribution >= 0.6 is 0 Å². The minimum absolute atomic E-state index is 0.0318. The zero-order valence-electron chi connectivity index (χ0n) is 14.1. The van der Waals surface area contributed by atoms with Crippen molar-refractivity contribution in [3.63, 3.8) is 0 Å². The number of rotatable bonds is 4. The fourth-order valence-electron chi connectivity index (χ4n) is 2.84. The Morgan fingerprint density at radius 2 is 1.41 bits per heavy atom. The lowest BCUT2D eigenvalue weighted by atomic mass is 10.3. The number of sulfone groups is 2. The number of anilines is 2. The lowest BCUT2D eigenvalue weighted by Gasteiger charge is -2.10. The highest BCUT2D eigenvalue weighted by atomic mass is 32.2. The molecule has 0 aromatic carbocycles. The van der Waals surface area contributed by atoms with Gasteiger partial charge in [0.15, 0.2) is 19.7 Å². The van der Waals surface area contributed by atoms with Crippen LogP contribution in [0.5, 0.6) is 0 Å². The van der Waals surface area contributed by atoms with E-state index >= 15 is 0 Å². The first-order valence-corrected chi connectivity index (χ1v) is 11.7. The zero-order valence-corrected chi connectivity index (χ0v) is 15.7. The molecule has 13 nitrogen and oxygen atoms in total. The minimum Gasteiger partial charge on any atom is -0.334 e. The third-order valence-electron chi connectivity index (χ3n) is 4.08. The predicted octanol–water partition coefficient (Wildman–Crippen LogP) is -1.58. The van der Waals surface area contributed by atoms with E-state index in [9.17, 15) is 26.4 Å². The van der Waals surface area contributed by atoms with Crippen LogP contribution in [-0.4, -0.2) is 79.2 Å². The summed E-state index contributed by atoms with van der Waals surface area (Å²) in [7, 11) is -6.22. The van der Waals surface area contributed by atoms with E-state index < -0.39 is 43.8 Å². The normalized spacial score (nSPS) is 25.6. The highest BCUT2D eigenvalue weighted by molar-refractivity contribution is 7.91. The lowest BCUT2D eigenvalue weighted by Crippen LogP contribution is -2.39. The summed E-state index contributed by atoms with van der Waals surface area (Å²) in [4.78, 5) is 27.5. The largest absolute Gasteiger partial charge is 0.334 e. The molecule has 2 atom stereocenters. The van der Waals surface area contributed by atoms with E-state index in [1.54, 1.807) is 0 Å². The zero-order chi connectivity index (χ0) is 19.7. The van der Waals surface area contributed by atoms with Crippen molar-refractivity contribution in [2.75, 3.05) is 33.6 Å². The van der Waals surface area contributed by atoms with Crippen LogP contribution in [0, 0.1) is 0 Å². The minimum atomic E-state index is -3.11. The van der Waals surface area contributed by atoms with Gasteiger partial charge < -0.3 is 10.6 Å². The number of nitrogens with zero attached hydrogens (tertiary/aromatic N) is 2. The van der Waals surface area contributed by atoms with Gasteiger partial charge in [0, 0.05) is 12.1 Å². The third-order valence-corrected chi connectivity index (χ3v) is 7.61. The van der Waals surface area contributed by atoms with Crippen LogP contribution in [0.15, 0.2) is 0 Å². The van der Waals surface area contributed by atoms with E-state index in [4.69, 9.17) is 0 Å². The number of urea groups is 2. The molecule has 3 rings (SSSR count). The van der Waals surface area contributed by atoms with Crippen molar-refractivity contribution in [1.29, 1.82) is 0 Å². The molecule has 3 heterocycles. The van der Waals surface area contributed by atoms with Gasteiger partial charge in [0.05, 0.1) is 23.0 Å². The molecule has 4 amide bonds. The van der Waals surface area contributed by atoms with Gasteiger partial charge in [0.2, 0.25) is 5.95 Å². The standard InChI is InChI=1S/C12H19N7O6S2/c20-11(13-7-1-3-26(22,23)5-7)16-9-15-10(19-18-9)17-12(21)14-8-2-4-27(24,25)6-8/h7-8H,1-6H2,(H5,13,14,15,16,17,18,19,20,21). The number of nitrogens with one attached hydrogen (secondary N) is 5. The topological polar surface area (TPSA) is 192 Å². The van der Waals surface area contributed by atoms with Gasteiger partial charge in [0.1, 0.15) is 0 Å². The SMILES string of the molecule is O=C(Nc1n[nH]c(NC(=O)NC2CCS(=O)(=O)C2)n1)NC1CCS(=O)(=O)C1. The number of carbonyl (C=O) groups excluding carboxylic acids is 2. The molecule has 15 heteroatoms. The van der Waals surface area contributed by atoms with Gasteiger partial charge in [-0.1, -0.05) is 0 Å². The van der Waals surface area contributed by atoms with Gasteiger partial charge in [-0.05, 0) is 12.8 Å². The molecule has 2 fully saturated rings. The first kappa shape index (κ1) is 19.3. The van der Waals surface area contributed by atoms with E-state index in [1.807, 2.05) is 0 Å². The second kappa shape index (κ2) is 7.30. The molecule has 5 N–H and O–H groups in total.